The van der Waals surface area contributed by atoms with Gasteiger partial charge < -0.3 is 19.1 Å². The molecule has 1 unspecified atom stereocenters. The monoisotopic (exact) mass is 357 g/mol. The lowest BCUT2D eigenvalue weighted by atomic mass is 10.1. The molecule has 1 aromatic rings. The Balaban J connectivity index is 2.28. The first-order valence-electron chi connectivity index (χ1n) is 6.75. The van der Waals surface area contributed by atoms with Gasteiger partial charge in [-0.2, -0.15) is 0 Å². The van der Waals surface area contributed by atoms with Crippen LogP contribution in [0.25, 0.3) is 0 Å². The molecule has 21 heavy (non-hydrogen) atoms. The summed E-state index contributed by atoms with van der Waals surface area (Å²) in [7, 11) is 4.80. The number of carbonyl (C=O) groups is 1. The van der Waals surface area contributed by atoms with E-state index < -0.39 is 0 Å². The van der Waals surface area contributed by atoms with Gasteiger partial charge in [-0.15, -0.1) is 0 Å². The van der Waals surface area contributed by atoms with Gasteiger partial charge in [-0.1, -0.05) is 15.9 Å². The maximum Gasteiger partial charge on any atom is 0.223 e. The van der Waals surface area contributed by atoms with Gasteiger partial charge in [-0.3, -0.25) is 4.79 Å². The number of likely N-dealkylation sites (tertiary alicyclic amines) is 1. The average molecular weight is 358 g/mol. The second-order valence-electron chi connectivity index (χ2n) is 5.01. The second-order valence-corrected chi connectivity index (χ2v) is 5.66. The maximum atomic E-state index is 12.1. The largest absolute Gasteiger partial charge is 0.496 e. The summed E-state index contributed by atoms with van der Waals surface area (Å²) in [6.07, 6.45) is 0.589. The van der Waals surface area contributed by atoms with Gasteiger partial charge in [0.05, 0.1) is 33.4 Å². The van der Waals surface area contributed by atoms with Crippen LogP contribution in [-0.4, -0.2) is 44.0 Å². The molecule has 1 aliphatic rings. The molecular weight excluding hydrogens is 338 g/mol. The highest BCUT2D eigenvalue weighted by atomic mass is 79.9. The van der Waals surface area contributed by atoms with Crippen LogP contribution in [-0.2, 0) is 11.3 Å². The van der Waals surface area contributed by atoms with Crippen molar-refractivity contribution in [3.05, 3.63) is 17.7 Å². The van der Waals surface area contributed by atoms with Crippen molar-refractivity contribution in [2.75, 3.05) is 33.2 Å². The summed E-state index contributed by atoms with van der Waals surface area (Å²) in [5.41, 5.74) is 0.865. The predicted molar refractivity (Wildman–Crippen MR) is 83.4 cm³/mol. The first kappa shape index (κ1) is 15.9. The number of rotatable bonds is 6. The number of alkyl halides is 1. The molecule has 1 heterocycles. The molecule has 0 radical (unpaired) electrons. The highest BCUT2D eigenvalue weighted by Gasteiger charge is 2.30. The Kier molecular flexibility index (Phi) is 5.33. The molecular formula is C15H20BrNO4. The zero-order chi connectivity index (χ0) is 15.4. The summed E-state index contributed by atoms with van der Waals surface area (Å²) in [6, 6.07) is 3.61. The van der Waals surface area contributed by atoms with Crippen molar-refractivity contribution in [2.24, 2.45) is 5.92 Å². The first-order valence-corrected chi connectivity index (χ1v) is 7.87. The van der Waals surface area contributed by atoms with Crippen LogP contribution in [0.15, 0.2) is 12.1 Å². The van der Waals surface area contributed by atoms with E-state index >= 15 is 0 Å². The summed E-state index contributed by atoms with van der Waals surface area (Å²) in [5.74, 6) is 2.54. The average Bonchev–Trinajstić information content (AvgIpc) is 2.87. The lowest BCUT2D eigenvalue weighted by molar-refractivity contribution is -0.128. The lowest BCUT2D eigenvalue weighted by Gasteiger charge is -2.21. The second kappa shape index (κ2) is 7.02. The number of nitrogens with zero attached hydrogens (tertiary/aromatic N) is 1. The van der Waals surface area contributed by atoms with Crippen LogP contribution in [0.3, 0.4) is 0 Å². The van der Waals surface area contributed by atoms with Crippen LogP contribution in [0.4, 0.5) is 0 Å². The third-order valence-electron chi connectivity index (χ3n) is 3.68. The molecule has 0 bridgehead atoms. The van der Waals surface area contributed by atoms with Gasteiger partial charge >= 0.3 is 0 Å². The summed E-state index contributed by atoms with van der Waals surface area (Å²) in [5, 5.41) is 0.839. The fourth-order valence-electron chi connectivity index (χ4n) is 2.53. The van der Waals surface area contributed by atoms with E-state index in [9.17, 15) is 4.79 Å². The van der Waals surface area contributed by atoms with Crippen LogP contribution in [0.1, 0.15) is 12.0 Å². The zero-order valence-corrected chi connectivity index (χ0v) is 14.1. The Bertz CT molecular complexity index is 495. The molecule has 1 aliphatic heterocycles. The fourth-order valence-corrected chi connectivity index (χ4v) is 2.97. The van der Waals surface area contributed by atoms with E-state index in [-0.39, 0.29) is 5.91 Å². The number of ether oxygens (including phenoxy) is 3. The van der Waals surface area contributed by atoms with Gasteiger partial charge in [0.15, 0.2) is 0 Å². The van der Waals surface area contributed by atoms with Crippen molar-refractivity contribution in [1.82, 2.24) is 4.90 Å². The number of hydrogen-bond acceptors (Lipinski definition) is 4. The molecule has 0 aromatic heterocycles. The Morgan fingerprint density at radius 1 is 1.19 bits per heavy atom. The van der Waals surface area contributed by atoms with E-state index in [1.54, 1.807) is 33.5 Å². The minimum Gasteiger partial charge on any atom is -0.496 e. The van der Waals surface area contributed by atoms with E-state index in [0.717, 1.165) is 17.4 Å². The molecule has 1 fully saturated rings. The Hall–Kier alpha value is -1.43. The Labute approximate surface area is 133 Å². The molecule has 1 saturated heterocycles. The number of methoxy groups -OCH3 is 3. The third-order valence-corrected chi connectivity index (χ3v) is 4.59. The molecule has 2 rings (SSSR count). The topological polar surface area (TPSA) is 48.0 Å². The molecule has 0 saturated carbocycles. The quantitative estimate of drug-likeness (QED) is 0.733. The summed E-state index contributed by atoms with van der Waals surface area (Å²) in [6.45, 7) is 1.24. The summed E-state index contributed by atoms with van der Waals surface area (Å²) < 4.78 is 16.1. The van der Waals surface area contributed by atoms with Gasteiger partial charge in [0.1, 0.15) is 17.2 Å². The smallest absolute Gasteiger partial charge is 0.223 e. The number of hydrogen-bond donors (Lipinski definition) is 0. The van der Waals surface area contributed by atoms with Gasteiger partial charge in [0, 0.05) is 30.4 Å². The first-order chi connectivity index (χ1) is 10.1. The SMILES string of the molecule is COc1cc(OC)c(CN2CC(CBr)CC2=O)c(OC)c1. The number of benzene rings is 1. The van der Waals surface area contributed by atoms with Crippen molar-refractivity contribution in [2.45, 2.75) is 13.0 Å². The standard InChI is InChI=1S/C15H20BrNO4/c1-19-11-5-13(20-2)12(14(6-11)21-3)9-17-8-10(7-16)4-15(17)18/h5-6,10H,4,7-9H2,1-3H3. The Morgan fingerprint density at radius 3 is 2.24 bits per heavy atom. The molecule has 0 N–H and O–H groups in total. The summed E-state index contributed by atoms with van der Waals surface area (Å²) in [4.78, 5) is 13.9. The van der Waals surface area contributed by atoms with Crippen LogP contribution < -0.4 is 14.2 Å². The molecule has 116 valence electrons. The highest BCUT2D eigenvalue weighted by Crippen LogP contribution is 2.36. The fraction of sp³-hybridized carbons (Fsp3) is 0.533. The van der Waals surface area contributed by atoms with E-state index in [1.807, 2.05) is 4.90 Å². The van der Waals surface area contributed by atoms with Crippen molar-refractivity contribution < 1.29 is 19.0 Å². The number of halogens is 1. The molecule has 0 aliphatic carbocycles. The van der Waals surface area contributed by atoms with Gasteiger partial charge in [-0.25, -0.2) is 0 Å². The third kappa shape index (κ3) is 3.43. The lowest BCUT2D eigenvalue weighted by Crippen LogP contribution is -2.25. The van der Waals surface area contributed by atoms with Gasteiger partial charge in [0.25, 0.3) is 0 Å². The molecule has 5 nitrogen and oxygen atoms in total. The van der Waals surface area contributed by atoms with Crippen LogP contribution in [0.2, 0.25) is 0 Å². The van der Waals surface area contributed by atoms with E-state index in [2.05, 4.69) is 15.9 Å². The van der Waals surface area contributed by atoms with Crippen molar-refractivity contribution in [3.63, 3.8) is 0 Å². The number of amides is 1. The van der Waals surface area contributed by atoms with E-state index in [0.29, 0.717) is 36.1 Å². The van der Waals surface area contributed by atoms with Crippen LogP contribution >= 0.6 is 15.9 Å². The van der Waals surface area contributed by atoms with Crippen molar-refractivity contribution in [1.29, 1.82) is 0 Å². The molecule has 6 heteroatoms. The van der Waals surface area contributed by atoms with Crippen LogP contribution in [0, 0.1) is 5.92 Å². The molecule has 1 amide bonds. The van der Waals surface area contributed by atoms with Gasteiger partial charge in [0.2, 0.25) is 5.91 Å². The Morgan fingerprint density at radius 2 is 1.81 bits per heavy atom. The maximum absolute atomic E-state index is 12.1. The predicted octanol–water partition coefficient (Wildman–Crippen LogP) is 2.46. The van der Waals surface area contributed by atoms with Crippen molar-refractivity contribution in [3.8, 4) is 17.2 Å². The minimum absolute atomic E-state index is 0.166. The highest BCUT2D eigenvalue weighted by molar-refractivity contribution is 9.09. The molecule has 1 aromatic carbocycles. The molecule has 0 spiro atoms. The van der Waals surface area contributed by atoms with Crippen LogP contribution in [0.5, 0.6) is 17.2 Å². The van der Waals surface area contributed by atoms with E-state index in [4.69, 9.17) is 14.2 Å². The number of carbonyl (C=O) groups excluding carboxylic acids is 1. The summed E-state index contributed by atoms with van der Waals surface area (Å²) >= 11 is 3.45. The normalized spacial score (nSPS) is 18.0. The van der Waals surface area contributed by atoms with Crippen molar-refractivity contribution >= 4 is 21.8 Å². The minimum atomic E-state index is 0.166. The zero-order valence-electron chi connectivity index (χ0n) is 12.5. The van der Waals surface area contributed by atoms with Gasteiger partial charge in [-0.05, 0) is 5.92 Å². The molecule has 1 atom stereocenters. The van der Waals surface area contributed by atoms with E-state index in [1.165, 1.54) is 0 Å².